The van der Waals surface area contributed by atoms with Crippen molar-refractivity contribution in [2.24, 2.45) is 0 Å². The molecule has 0 aliphatic carbocycles. The third-order valence-electron chi connectivity index (χ3n) is 4.68. The molecular formula is C20H25N3O2. The lowest BCUT2D eigenvalue weighted by atomic mass is 10.1. The number of aromatic nitrogens is 1. The second-order valence-electron chi connectivity index (χ2n) is 6.54. The van der Waals surface area contributed by atoms with Crippen molar-refractivity contribution in [2.45, 2.75) is 27.3 Å². The first-order valence-electron chi connectivity index (χ1n) is 8.71. The maximum absolute atomic E-state index is 12.5. The largest absolute Gasteiger partial charge is 0.444 e. The zero-order valence-corrected chi connectivity index (χ0v) is 15.2. The average molecular weight is 339 g/mol. The minimum absolute atomic E-state index is 0.0869. The van der Waals surface area contributed by atoms with Crippen LogP contribution >= 0.6 is 0 Å². The molecule has 1 amide bonds. The van der Waals surface area contributed by atoms with Crippen LogP contribution in [0.15, 0.2) is 40.8 Å². The monoisotopic (exact) mass is 339 g/mol. The number of benzene rings is 1. The maximum Gasteiger partial charge on any atom is 0.246 e. The van der Waals surface area contributed by atoms with Gasteiger partial charge in [0.25, 0.3) is 0 Å². The van der Waals surface area contributed by atoms with E-state index in [0.29, 0.717) is 6.54 Å². The average Bonchev–Trinajstić information content (AvgIpc) is 2.93. The highest BCUT2D eigenvalue weighted by molar-refractivity contribution is 5.94. The Bertz CT molecular complexity index is 737. The Hall–Kier alpha value is -2.40. The number of allylic oxidation sites excluding steroid dienone is 1. The van der Waals surface area contributed by atoms with E-state index in [2.05, 4.69) is 9.88 Å². The molecule has 1 aliphatic heterocycles. The molecule has 5 nitrogen and oxygen atoms in total. The van der Waals surface area contributed by atoms with E-state index < -0.39 is 0 Å². The van der Waals surface area contributed by atoms with E-state index >= 15 is 0 Å². The van der Waals surface area contributed by atoms with E-state index in [9.17, 15) is 4.79 Å². The quantitative estimate of drug-likeness (QED) is 0.804. The fraction of sp³-hybridized carbons (Fsp3) is 0.400. The molecule has 1 aromatic heterocycles. The molecule has 0 radical (unpaired) electrons. The van der Waals surface area contributed by atoms with E-state index in [0.717, 1.165) is 54.7 Å². The van der Waals surface area contributed by atoms with Gasteiger partial charge in [-0.3, -0.25) is 9.69 Å². The molecule has 0 unspecified atom stereocenters. The fourth-order valence-corrected chi connectivity index (χ4v) is 2.99. The van der Waals surface area contributed by atoms with Crippen molar-refractivity contribution in [3.8, 4) is 0 Å². The summed E-state index contributed by atoms with van der Waals surface area (Å²) in [4.78, 5) is 21.1. The molecule has 1 saturated heterocycles. The summed E-state index contributed by atoms with van der Waals surface area (Å²) in [6.45, 7) is 9.72. The zero-order chi connectivity index (χ0) is 17.8. The Kier molecular flexibility index (Phi) is 5.34. The maximum atomic E-state index is 12.5. The number of hydrogen-bond donors (Lipinski definition) is 0. The van der Waals surface area contributed by atoms with Crippen LogP contribution in [0, 0.1) is 13.8 Å². The summed E-state index contributed by atoms with van der Waals surface area (Å²) in [5.41, 5.74) is 3.04. The molecule has 3 rings (SSSR count). The Labute approximate surface area is 149 Å². The SMILES string of the molecule is C/C(=C/C(=O)N1CCN(Cc2nc(C)c(C)o2)CC1)c1ccccc1. The van der Waals surface area contributed by atoms with Gasteiger partial charge in [0.2, 0.25) is 11.8 Å². The van der Waals surface area contributed by atoms with Gasteiger partial charge in [-0.15, -0.1) is 0 Å². The van der Waals surface area contributed by atoms with Crippen molar-refractivity contribution >= 4 is 11.5 Å². The molecule has 25 heavy (non-hydrogen) atoms. The predicted octanol–water partition coefficient (Wildman–Crippen LogP) is 3.04. The van der Waals surface area contributed by atoms with Gasteiger partial charge in [-0.1, -0.05) is 30.3 Å². The Balaban J connectivity index is 1.54. The van der Waals surface area contributed by atoms with Gasteiger partial charge in [-0.25, -0.2) is 4.98 Å². The fourth-order valence-electron chi connectivity index (χ4n) is 2.99. The van der Waals surface area contributed by atoms with Gasteiger partial charge in [-0.05, 0) is 31.9 Å². The van der Waals surface area contributed by atoms with E-state index in [1.807, 2.05) is 56.0 Å². The molecule has 2 aromatic rings. The molecule has 5 heteroatoms. The van der Waals surface area contributed by atoms with Crippen LogP contribution in [0.1, 0.15) is 29.8 Å². The van der Waals surface area contributed by atoms with Crippen LogP contribution in [-0.2, 0) is 11.3 Å². The van der Waals surface area contributed by atoms with Gasteiger partial charge in [0.15, 0.2) is 0 Å². The Morgan fingerprint density at radius 3 is 2.44 bits per heavy atom. The molecule has 0 atom stereocenters. The van der Waals surface area contributed by atoms with Gasteiger partial charge in [0.1, 0.15) is 5.76 Å². The standard InChI is InChI=1S/C20H25N3O2/c1-15(18-7-5-4-6-8-18)13-20(24)23-11-9-22(10-12-23)14-19-21-16(2)17(3)25-19/h4-8,13H,9-12,14H2,1-3H3/b15-13-. The number of hydrogen-bond acceptors (Lipinski definition) is 4. The molecule has 0 bridgehead atoms. The minimum Gasteiger partial charge on any atom is -0.444 e. The van der Waals surface area contributed by atoms with E-state index in [1.165, 1.54) is 0 Å². The summed E-state index contributed by atoms with van der Waals surface area (Å²) in [5.74, 6) is 1.73. The topological polar surface area (TPSA) is 49.6 Å². The van der Waals surface area contributed by atoms with Crippen LogP contribution in [0.5, 0.6) is 0 Å². The van der Waals surface area contributed by atoms with Crippen LogP contribution in [0.4, 0.5) is 0 Å². The number of piperazine rings is 1. The van der Waals surface area contributed by atoms with Crippen molar-refractivity contribution in [1.29, 1.82) is 0 Å². The van der Waals surface area contributed by atoms with Crippen molar-refractivity contribution in [3.05, 3.63) is 59.3 Å². The van der Waals surface area contributed by atoms with Crippen molar-refractivity contribution in [1.82, 2.24) is 14.8 Å². The van der Waals surface area contributed by atoms with Gasteiger partial charge < -0.3 is 9.32 Å². The Morgan fingerprint density at radius 2 is 1.84 bits per heavy atom. The molecule has 132 valence electrons. The second kappa shape index (κ2) is 7.66. The van der Waals surface area contributed by atoms with Gasteiger partial charge in [0.05, 0.1) is 12.2 Å². The van der Waals surface area contributed by atoms with E-state index in [-0.39, 0.29) is 5.91 Å². The summed E-state index contributed by atoms with van der Waals surface area (Å²) in [6, 6.07) is 10.0. The zero-order valence-electron chi connectivity index (χ0n) is 15.2. The highest BCUT2D eigenvalue weighted by Crippen LogP contribution is 2.15. The van der Waals surface area contributed by atoms with Crippen LogP contribution in [0.3, 0.4) is 0 Å². The normalized spacial score (nSPS) is 16.3. The first-order chi connectivity index (χ1) is 12.0. The lowest BCUT2D eigenvalue weighted by molar-refractivity contribution is -0.127. The van der Waals surface area contributed by atoms with Crippen LogP contribution in [0.25, 0.3) is 5.57 Å². The molecule has 2 heterocycles. The third kappa shape index (κ3) is 4.37. The molecule has 0 saturated carbocycles. The number of carbonyl (C=O) groups excluding carboxylic acids is 1. The van der Waals surface area contributed by atoms with Crippen molar-refractivity contribution in [3.63, 3.8) is 0 Å². The molecule has 1 fully saturated rings. The number of rotatable bonds is 4. The number of oxazole rings is 1. The summed E-state index contributed by atoms with van der Waals surface area (Å²) in [6.07, 6.45) is 1.74. The van der Waals surface area contributed by atoms with Crippen LogP contribution in [-0.4, -0.2) is 46.9 Å². The van der Waals surface area contributed by atoms with E-state index in [4.69, 9.17) is 4.42 Å². The first kappa shape index (κ1) is 17.4. The summed E-state index contributed by atoms with van der Waals surface area (Å²) in [7, 11) is 0. The van der Waals surface area contributed by atoms with Crippen molar-refractivity contribution in [2.75, 3.05) is 26.2 Å². The molecule has 0 spiro atoms. The van der Waals surface area contributed by atoms with Crippen molar-refractivity contribution < 1.29 is 9.21 Å². The molecular weight excluding hydrogens is 314 g/mol. The smallest absolute Gasteiger partial charge is 0.246 e. The van der Waals surface area contributed by atoms with Gasteiger partial charge in [0, 0.05) is 32.3 Å². The summed E-state index contributed by atoms with van der Waals surface area (Å²) in [5, 5.41) is 0. The minimum atomic E-state index is 0.0869. The third-order valence-corrected chi connectivity index (χ3v) is 4.68. The lowest BCUT2D eigenvalue weighted by Gasteiger charge is -2.33. The number of carbonyl (C=O) groups is 1. The molecule has 1 aliphatic rings. The summed E-state index contributed by atoms with van der Waals surface area (Å²) < 4.78 is 5.65. The first-order valence-corrected chi connectivity index (χ1v) is 8.71. The second-order valence-corrected chi connectivity index (χ2v) is 6.54. The van der Waals surface area contributed by atoms with E-state index in [1.54, 1.807) is 6.08 Å². The Morgan fingerprint density at radius 1 is 1.16 bits per heavy atom. The highest BCUT2D eigenvalue weighted by atomic mass is 16.4. The number of amides is 1. The number of aryl methyl sites for hydroxylation is 2. The van der Waals surface area contributed by atoms with Gasteiger partial charge >= 0.3 is 0 Å². The predicted molar refractivity (Wildman–Crippen MR) is 97.9 cm³/mol. The van der Waals surface area contributed by atoms with Crippen LogP contribution in [0.2, 0.25) is 0 Å². The summed E-state index contributed by atoms with van der Waals surface area (Å²) >= 11 is 0. The lowest BCUT2D eigenvalue weighted by Crippen LogP contribution is -2.47. The van der Waals surface area contributed by atoms with Gasteiger partial charge in [-0.2, -0.15) is 0 Å². The molecule has 0 N–H and O–H groups in total. The molecule has 1 aromatic carbocycles. The van der Waals surface area contributed by atoms with Crippen LogP contribution < -0.4 is 0 Å². The highest BCUT2D eigenvalue weighted by Gasteiger charge is 2.21. The number of nitrogens with zero attached hydrogens (tertiary/aromatic N) is 3.